The summed E-state index contributed by atoms with van der Waals surface area (Å²) < 4.78 is 0. The molecule has 6 heteroatoms. The molecule has 1 aliphatic carbocycles. The third-order valence-corrected chi connectivity index (χ3v) is 5.60. The molecule has 0 saturated heterocycles. The molecule has 0 saturated carbocycles. The molecule has 3 rings (SSSR count). The predicted octanol–water partition coefficient (Wildman–Crippen LogP) is 4.90. The van der Waals surface area contributed by atoms with Crippen molar-refractivity contribution in [1.82, 2.24) is 9.88 Å². The van der Waals surface area contributed by atoms with Gasteiger partial charge in [-0.15, -0.1) is 11.3 Å². The van der Waals surface area contributed by atoms with E-state index in [-0.39, 0.29) is 12.1 Å². The van der Waals surface area contributed by atoms with Gasteiger partial charge in [0.2, 0.25) is 0 Å². The predicted molar refractivity (Wildman–Crippen MR) is 95.4 cm³/mol. The molecule has 1 N–H and O–H groups in total. The molecule has 1 aromatic heterocycles. The second kappa shape index (κ2) is 6.89. The lowest BCUT2D eigenvalue weighted by molar-refractivity contribution is 0.208. The lowest BCUT2D eigenvalue weighted by Crippen LogP contribution is -2.33. The van der Waals surface area contributed by atoms with Crippen LogP contribution in [0.25, 0.3) is 0 Å². The number of nitrogens with zero attached hydrogens (tertiary/aromatic N) is 2. The molecule has 1 atom stereocenters. The molecule has 0 fully saturated rings. The number of halogens is 1. The molecule has 23 heavy (non-hydrogen) atoms. The summed E-state index contributed by atoms with van der Waals surface area (Å²) in [7, 11) is 1.79. The van der Waals surface area contributed by atoms with E-state index in [2.05, 4.69) is 10.3 Å². The topological polar surface area (TPSA) is 45.2 Å². The number of amides is 2. The minimum atomic E-state index is -0.149. The summed E-state index contributed by atoms with van der Waals surface area (Å²) in [5.74, 6) is 0. The smallest absolute Gasteiger partial charge is 0.321 e. The van der Waals surface area contributed by atoms with E-state index in [9.17, 15) is 4.79 Å². The van der Waals surface area contributed by atoms with Crippen LogP contribution in [-0.2, 0) is 12.8 Å². The van der Waals surface area contributed by atoms with Crippen LogP contribution in [0, 0.1) is 0 Å². The van der Waals surface area contributed by atoms with Crippen molar-refractivity contribution in [3.8, 4) is 0 Å². The van der Waals surface area contributed by atoms with Crippen molar-refractivity contribution in [2.45, 2.75) is 38.6 Å². The van der Waals surface area contributed by atoms with Crippen molar-refractivity contribution < 1.29 is 4.79 Å². The van der Waals surface area contributed by atoms with Crippen molar-refractivity contribution in [2.24, 2.45) is 0 Å². The highest BCUT2D eigenvalue weighted by Gasteiger charge is 2.21. The Kier molecular flexibility index (Phi) is 4.87. The second-order valence-electron chi connectivity index (χ2n) is 5.87. The summed E-state index contributed by atoms with van der Waals surface area (Å²) in [4.78, 5) is 20.0. The maximum Gasteiger partial charge on any atom is 0.323 e. The quantitative estimate of drug-likeness (QED) is 0.856. The first-order chi connectivity index (χ1) is 11.0. The molecule has 1 unspecified atom stereocenters. The zero-order chi connectivity index (χ0) is 16.4. The van der Waals surface area contributed by atoms with Gasteiger partial charge in [0.1, 0.15) is 0 Å². The van der Waals surface area contributed by atoms with Gasteiger partial charge in [-0.3, -0.25) is 5.32 Å². The molecule has 2 amide bonds. The first-order valence-electron chi connectivity index (χ1n) is 7.82. The van der Waals surface area contributed by atoms with E-state index in [4.69, 9.17) is 11.6 Å². The molecule has 2 aromatic rings. The monoisotopic (exact) mass is 349 g/mol. The van der Waals surface area contributed by atoms with Crippen molar-refractivity contribution in [1.29, 1.82) is 0 Å². The summed E-state index contributed by atoms with van der Waals surface area (Å²) >= 11 is 7.63. The van der Waals surface area contributed by atoms with Crippen LogP contribution in [0.4, 0.5) is 9.93 Å². The Morgan fingerprint density at radius 2 is 2.17 bits per heavy atom. The molecule has 122 valence electrons. The number of anilines is 1. The van der Waals surface area contributed by atoms with Gasteiger partial charge in [-0.05, 0) is 50.3 Å². The zero-order valence-corrected chi connectivity index (χ0v) is 14.9. The van der Waals surface area contributed by atoms with Crippen LogP contribution < -0.4 is 5.32 Å². The van der Waals surface area contributed by atoms with Crippen LogP contribution >= 0.6 is 22.9 Å². The van der Waals surface area contributed by atoms with Gasteiger partial charge in [-0.25, -0.2) is 9.78 Å². The normalized spacial score (nSPS) is 14.9. The first-order valence-corrected chi connectivity index (χ1v) is 9.02. The lowest BCUT2D eigenvalue weighted by atomic mass is 10.0. The highest BCUT2D eigenvalue weighted by atomic mass is 35.5. The van der Waals surface area contributed by atoms with E-state index in [0.29, 0.717) is 10.2 Å². The lowest BCUT2D eigenvalue weighted by Gasteiger charge is -2.25. The van der Waals surface area contributed by atoms with Gasteiger partial charge >= 0.3 is 6.03 Å². The van der Waals surface area contributed by atoms with Crippen LogP contribution in [0.2, 0.25) is 5.02 Å². The molecule has 1 heterocycles. The van der Waals surface area contributed by atoms with Gasteiger partial charge in [0, 0.05) is 16.9 Å². The first kappa shape index (κ1) is 16.3. The Labute approximate surface area is 145 Å². The summed E-state index contributed by atoms with van der Waals surface area (Å²) in [6.07, 6.45) is 4.51. The van der Waals surface area contributed by atoms with E-state index in [0.717, 1.165) is 24.1 Å². The van der Waals surface area contributed by atoms with Crippen molar-refractivity contribution in [3.63, 3.8) is 0 Å². The maximum atomic E-state index is 12.5. The van der Waals surface area contributed by atoms with Gasteiger partial charge in [-0.1, -0.05) is 23.7 Å². The number of hydrogen-bond acceptors (Lipinski definition) is 3. The van der Waals surface area contributed by atoms with Crippen molar-refractivity contribution in [2.75, 3.05) is 12.4 Å². The Morgan fingerprint density at radius 1 is 1.39 bits per heavy atom. The fourth-order valence-electron chi connectivity index (χ4n) is 2.75. The molecule has 0 aliphatic heterocycles. The van der Waals surface area contributed by atoms with Crippen molar-refractivity contribution in [3.05, 3.63) is 45.4 Å². The highest BCUT2D eigenvalue weighted by Crippen LogP contribution is 2.30. The van der Waals surface area contributed by atoms with Crippen LogP contribution in [0.1, 0.15) is 41.9 Å². The van der Waals surface area contributed by atoms with Gasteiger partial charge in [0.05, 0.1) is 11.7 Å². The molecule has 0 spiro atoms. The van der Waals surface area contributed by atoms with Gasteiger partial charge in [0.25, 0.3) is 0 Å². The second-order valence-corrected chi connectivity index (χ2v) is 7.39. The average Bonchev–Trinajstić information content (AvgIpc) is 2.95. The number of thiazole rings is 1. The minimum absolute atomic E-state index is 0.0664. The highest BCUT2D eigenvalue weighted by molar-refractivity contribution is 7.15. The van der Waals surface area contributed by atoms with E-state index < -0.39 is 0 Å². The third-order valence-electron chi connectivity index (χ3n) is 4.29. The molecule has 0 radical (unpaired) electrons. The third kappa shape index (κ3) is 3.67. The Balaban J connectivity index is 1.68. The SMILES string of the molecule is CC(c1cccc(Cl)c1)N(C)C(=O)Nc1nc2c(s1)CCCC2. The Bertz CT molecular complexity index is 692. The Hall–Kier alpha value is -1.59. The Morgan fingerprint density at radius 3 is 2.91 bits per heavy atom. The van der Waals surface area contributed by atoms with E-state index in [1.54, 1.807) is 23.3 Å². The maximum absolute atomic E-state index is 12.5. The van der Waals surface area contributed by atoms with Gasteiger partial charge in [0.15, 0.2) is 5.13 Å². The van der Waals surface area contributed by atoms with E-state index in [1.165, 1.54) is 17.7 Å². The number of benzene rings is 1. The fraction of sp³-hybridized carbons (Fsp3) is 0.412. The summed E-state index contributed by atoms with van der Waals surface area (Å²) in [6.45, 7) is 1.98. The number of carbonyl (C=O) groups is 1. The number of hydrogen-bond donors (Lipinski definition) is 1. The van der Waals surface area contributed by atoms with Crippen molar-refractivity contribution >= 4 is 34.1 Å². The van der Waals surface area contributed by atoms with Gasteiger partial charge < -0.3 is 4.90 Å². The molecule has 4 nitrogen and oxygen atoms in total. The van der Waals surface area contributed by atoms with Crippen LogP contribution in [0.5, 0.6) is 0 Å². The largest absolute Gasteiger partial charge is 0.323 e. The van der Waals surface area contributed by atoms with Crippen LogP contribution in [0.3, 0.4) is 0 Å². The fourth-order valence-corrected chi connectivity index (χ4v) is 3.99. The molecule has 1 aliphatic rings. The number of fused-ring (bicyclic) bond motifs is 1. The molecular weight excluding hydrogens is 330 g/mol. The molecule has 1 aromatic carbocycles. The molecule has 0 bridgehead atoms. The number of urea groups is 1. The van der Waals surface area contributed by atoms with Crippen LogP contribution in [0.15, 0.2) is 24.3 Å². The summed E-state index contributed by atoms with van der Waals surface area (Å²) in [5, 5.41) is 4.30. The number of carbonyl (C=O) groups excluding carboxylic acids is 1. The number of rotatable bonds is 3. The van der Waals surface area contributed by atoms with E-state index in [1.807, 2.05) is 31.2 Å². The number of aromatic nitrogens is 1. The van der Waals surface area contributed by atoms with Gasteiger partial charge in [-0.2, -0.15) is 0 Å². The standard InChI is InChI=1S/C17H20ClN3OS/c1-11(12-6-5-7-13(18)10-12)21(2)17(22)20-16-19-14-8-3-4-9-15(14)23-16/h5-7,10-11H,3-4,8-9H2,1-2H3,(H,19,20,22). The average molecular weight is 350 g/mol. The molecular formula is C17H20ClN3OS. The zero-order valence-electron chi connectivity index (χ0n) is 13.3. The number of aryl methyl sites for hydroxylation is 2. The summed E-state index contributed by atoms with van der Waals surface area (Å²) in [6, 6.07) is 7.37. The number of nitrogens with one attached hydrogen (secondary N) is 1. The van der Waals surface area contributed by atoms with E-state index >= 15 is 0 Å². The summed E-state index contributed by atoms with van der Waals surface area (Å²) in [5.41, 5.74) is 2.16. The van der Waals surface area contributed by atoms with Crippen LogP contribution in [-0.4, -0.2) is 23.0 Å². The minimum Gasteiger partial charge on any atom is -0.321 e.